The van der Waals surface area contributed by atoms with Gasteiger partial charge in [-0.05, 0) is 46.1 Å². The number of carbonyl (C=O) groups excluding carboxylic acids is 1. The van der Waals surface area contributed by atoms with E-state index in [2.05, 4.69) is 5.32 Å². The van der Waals surface area contributed by atoms with Crippen LogP contribution in [0.2, 0.25) is 0 Å². The maximum Gasteiger partial charge on any atom is 0.239 e. The Hall–Kier alpha value is -1.64. The van der Waals surface area contributed by atoms with Crippen LogP contribution in [0, 0.1) is 0 Å². The molecule has 0 aromatic heterocycles. The average Bonchev–Trinajstić information content (AvgIpc) is 2.47. The number of benzene rings is 1. The van der Waals surface area contributed by atoms with Gasteiger partial charge in [-0.3, -0.25) is 4.79 Å². The first-order valence-corrected chi connectivity index (χ1v) is 9.70. The number of carbonyl (C=O) groups is 1. The van der Waals surface area contributed by atoms with Gasteiger partial charge in [-0.2, -0.15) is 4.31 Å². The number of nitrogens with one attached hydrogen (secondary N) is 1. The monoisotopic (exact) mass is 357 g/mol. The Morgan fingerprint density at radius 2 is 1.88 bits per heavy atom. The summed E-state index contributed by atoms with van der Waals surface area (Å²) in [7, 11) is 0.390. The van der Waals surface area contributed by atoms with Crippen LogP contribution in [0.25, 0.3) is 0 Å². The van der Waals surface area contributed by atoms with Gasteiger partial charge in [-0.15, -0.1) is 0 Å². The molecule has 0 aliphatic heterocycles. The lowest BCUT2D eigenvalue weighted by molar-refractivity contribution is -0.116. The Morgan fingerprint density at radius 1 is 1.21 bits per heavy atom. The third kappa shape index (κ3) is 7.29. The van der Waals surface area contributed by atoms with Gasteiger partial charge in [0.05, 0.1) is 25.1 Å². The third-order valence-electron chi connectivity index (χ3n) is 3.26. The highest BCUT2D eigenvalue weighted by molar-refractivity contribution is 7.88. The summed E-state index contributed by atoms with van der Waals surface area (Å²) in [5, 5.41) is 2.72. The molecule has 1 aromatic carbocycles. The molecule has 1 aromatic rings. The second-order valence-corrected chi connectivity index (χ2v) is 7.71. The summed E-state index contributed by atoms with van der Waals surface area (Å²) < 4.78 is 30.4. The molecule has 0 unspecified atom stereocenters. The van der Waals surface area contributed by atoms with Crippen molar-refractivity contribution in [3.63, 3.8) is 0 Å². The van der Waals surface area contributed by atoms with Gasteiger partial charge in [0.2, 0.25) is 15.9 Å². The zero-order valence-electron chi connectivity index (χ0n) is 14.8. The standard InChI is InChI=1S/C16H27N3O4S/c1-5-23-15-10-7-6-9-14(15)17-16(20)13-19(24(4,21)22)12-8-11-18(2)3/h6-7,9-10H,5,8,11-13H2,1-4H3,(H,17,20). The fourth-order valence-electron chi connectivity index (χ4n) is 2.13. The molecule has 1 N–H and O–H groups in total. The van der Waals surface area contributed by atoms with E-state index in [9.17, 15) is 13.2 Å². The van der Waals surface area contributed by atoms with Crippen molar-refractivity contribution in [2.24, 2.45) is 0 Å². The molecule has 0 atom stereocenters. The molecule has 0 aliphatic rings. The molecule has 24 heavy (non-hydrogen) atoms. The van der Waals surface area contributed by atoms with Gasteiger partial charge in [0, 0.05) is 6.54 Å². The van der Waals surface area contributed by atoms with E-state index in [0.29, 0.717) is 31.0 Å². The Labute approximate surface area is 144 Å². The zero-order valence-corrected chi connectivity index (χ0v) is 15.6. The summed E-state index contributed by atoms with van der Waals surface area (Å²) in [6.45, 7) is 3.17. The van der Waals surface area contributed by atoms with Crippen molar-refractivity contribution in [3.05, 3.63) is 24.3 Å². The number of hydrogen-bond acceptors (Lipinski definition) is 5. The molecule has 0 saturated carbocycles. The lowest BCUT2D eigenvalue weighted by Gasteiger charge is -2.21. The highest BCUT2D eigenvalue weighted by atomic mass is 32.2. The van der Waals surface area contributed by atoms with E-state index in [1.807, 2.05) is 32.0 Å². The summed E-state index contributed by atoms with van der Waals surface area (Å²) in [4.78, 5) is 14.2. The molecule has 1 rings (SSSR count). The maximum absolute atomic E-state index is 12.2. The lowest BCUT2D eigenvalue weighted by atomic mass is 10.3. The predicted octanol–water partition coefficient (Wildman–Crippen LogP) is 1.24. The van der Waals surface area contributed by atoms with Crippen LogP contribution in [0.15, 0.2) is 24.3 Å². The second kappa shape index (κ2) is 9.61. The van der Waals surface area contributed by atoms with E-state index < -0.39 is 15.9 Å². The molecular formula is C16H27N3O4S. The molecule has 136 valence electrons. The molecule has 0 aliphatic carbocycles. The Morgan fingerprint density at radius 3 is 2.46 bits per heavy atom. The molecule has 0 radical (unpaired) electrons. The average molecular weight is 357 g/mol. The van der Waals surface area contributed by atoms with Gasteiger partial charge in [0.25, 0.3) is 0 Å². The molecule has 0 spiro atoms. The Balaban J connectivity index is 2.71. The fourth-order valence-corrected chi connectivity index (χ4v) is 2.94. The number of para-hydroxylation sites is 2. The molecule has 0 heterocycles. The largest absolute Gasteiger partial charge is 0.492 e. The maximum atomic E-state index is 12.2. The fraction of sp³-hybridized carbons (Fsp3) is 0.562. The highest BCUT2D eigenvalue weighted by Crippen LogP contribution is 2.23. The molecule has 7 nitrogen and oxygen atoms in total. The van der Waals surface area contributed by atoms with E-state index in [0.717, 1.165) is 12.8 Å². The first-order valence-electron chi connectivity index (χ1n) is 7.85. The van der Waals surface area contributed by atoms with Gasteiger partial charge in [0.1, 0.15) is 5.75 Å². The normalized spacial score (nSPS) is 11.8. The van der Waals surface area contributed by atoms with Crippen molar-refractivity contribution < 1.29 is 17.9 Å². The number of anilines is 1. The molecular weight excluding hydrogens is 330 g/mol. The number of nitrogens with zero attached hydrogens (tertiary/aromatic N) is 2. The van der Waals surface area contributed by atoms with Gasteiger partial charge in [-0.1, -0.05) is 12.1 Å². The number of ether oxygens (including phenoxy) is 1. The first kappa shape index (κ1) is 20.4. The molecule has 0 saturated heterocycles. The summed E-state index contributed by atoms with van der Waals surface area (Å²) >= 11 is 0. The van der Waals surface area contributed by atoms with Crippen LogP contribution < -0.4 is 10.1 Å². The van der Waals surface area contributed by atoms with Crippen LogP contribution in [0.3, 0.4) is 0 Å². The van der Waals surface area contributed by atoms with Gasteiger partial charge >= 0.3 is 0 Å². The van der Waals surface area contributed by atoms with E-state index in [4.69, 9.17) is 4.74 Å². The molecule has 0 fully saturated rings. The summed E-state index contributed by atoms with van der Waals surface area (Å²) in [5.41, 5.74) is 0.533. The van der Waals surface area contributed by atoms with Gasteiger partial charge < -0.3 is 15.0 Å². The minimum atomic E-state index is -3.45. The van der Waals surface area contributed by atoms with Crippen molar-refractivity contribution in [3.8, 4) is 5.75 Å². The number of hydrogen-bond donors (Lipinski definition) is 1. The van der Waals surface area contributed by atoms with Crippen molar-refractivity contribution >= 4 is 21.6 Å². The smallest absolute Gasteiger partial charge is 0.239 e. The topological polar surface area (TPSA) is 79.0 Å². The number of sulfonamides is 1. The first-order chi connectivity index (χ1) is 11.2. The highest BCUT2D eigenvalue weighted by Gasteiger charge is 2.20. The zero-order chi connectivity index (χ0) is 18.2. The summed E-state index contributed by atoms with van der Waals surface area (Å²) in [6, 6.07) is 7.07. The van der Waals surface area contributed by atoms with Crippen molar-refractivity contribution in [1.82, 2.24) is 9.21 Å². The minimum Gasteiger partial charge on any atom is -0.492 e. The van der Waals surface area contributed by atoms with E-state index in [1.165, 1.54) is 4.31 Å². The van der Waals surface area contributed by atoms with Crippen LogP contribution >= 0.6 is 0 Å². The third-order valence-corrected chi connectivity index (χ3v) is 4.51. The lowest BCUT2D eigenvalue weighted by Crippen LogP contribution is -2.38. The van der Waals surface area contributed by atoms with Crippen molar-refractivity contribution in [2.45, 2.75) is 13.3 Å². The van der Waals surface area contributed by atoms with E-state index in [-0.39, 0.29) is 6.54 Å². The second-order valence-electron chi connectivity index (χ2n) is 5.73. The SMILES string of the molecule is CCOc1ccccc1NC(=O)CN(CCCN(C)C)S(C)(=O)=O. The Kier molecular flexibility index (Phi) is 8.17. The Bertz CT molecular complexity index is 632. The van der Waals surface area contributed by atoms with E-state index >= 15 is 0 Å². The number of rotatable bonds is 10. The van der Waals surface area contributed by atoms with Crippen LogP contribution in [0.4, 0.5) is 5.69 Å². The molecule has 0 bridgehead atoms. The van der Waals surface area contributed by atoms with Crippen LogP contribution in [-0.2, 0) is 14.8 Å². The van der Waals surface area contributed by atoms with Crippen LogP contribution in [-0.4, -0.2) is 70.1 Å². The summed E-state index contributed by atoms with van der Waals surface area (Å²) in [6.07, 6.45) is 1.77. The van der Waals surface area contributed by atoms with Crippen molar-refractivity contribution in [1.29, 1.82) is 0 Å². The quantitative estimate of drug-likeness (QED) is 0.681. The van der Waals surface area contributed by atoms with Gasteiger partial charge in [-0.25, -0.2) is 8.42 Å². The molecule has 1 amide bonds. The predicted molar refractivity (Wildman–Crippen MR) is 95.8 cm³/mol. The van der Waals surface area contributed by atoms with Gasteiger partial charge in [0.15, 0.2) is 0 Å². The minimum absolute atomic E-state index is 0.216. The van der Waals surface area contributed by atoms with Crippen LogP contribution in [0.1, 0.15) is 13.3 Å². The van der Waals surface area contributed by atoms with E-state index in [1.54, 1.807) is 18.2 Å². The summed E-state index contributed by atoms with van der Waals surface area (Å²) in [5.74, 6) is 0.171. The van der Waals surface area contributed by atoms with Crippen LogP contribution in [0.5, 0.6) is 5.75 Å². The van der Waals surface area contributed by atoms with Crippen molar-refractivity contribution in [2.75, 3.05) is 51.9 Å². The molecule has 8 heteroatoms. The number of amides is 1.